The van der Waals surface area contributed by atoms with E-state index in [2.05, 4.69) is 35.2 Å². The lowest BCUT2D eigenvalue weighted by Crippen LogP contribution is -2.48. The third-order valence-electron chi connectivity index (χ3n) is 4.23. The lowest BCUT2D eigenvalue weighted by atomic mass is 9.93. The number of fused-ring (bicyclic) bond motifs is 2. The molecule has 16 heavy (non-hydrogen) atoms. The van der Waals surface area contributed by atoms with Gasteiger partial charge in [-0.05, 0) is 30.2 Å². The van der Waals surface area contributed by atoms with Crippen molar-refractivity contribution in [3.8, 4) is 0 Å². The van der Waals surface area contributed by atoms with E-state index in [9.17, 15) is 0 Å². The standard InChI is InChI=1S/C14H20N2/c15-14-12-6-7-13(14)10-16(9-12)8-11-4-2-1-3-5-11/h1-5,12-14H,6-10,15H2/t12-,13-/m0/s1. The Labute approximate surface area is 97.4 Å². The van der Waals surface area contributed by atoms with Crippen molar-refractivity contribution >= 4 is 0 Å². The van der Waals surface area contributed by atoms with Gasteiger partial charge in [-0.25, -0.2) is 0 Å². The maximum atomic E-state index is 6.21. The quantitative estimate of drug-likeness (QED) is 0.817. The first-order valence-electron chi connectivity index (χ1n) is 6.35. The molecule has 0 unspecified atom stereocenters. The molecular weight excluding hydrogens is 196 g/mol. The van der Waals surface area contributed by atoms with E-state index in [4.69, 9.17) is 5.73 Å². The second kappa shape index (κ2) is 4.19. The summed E-state index contributed by atoms with van der Waals surface area (Å²) in [6.45, 7) is 3.50. The van der Waals surface area contributed by atoms with Crippen LogP contribution in [0, 0.1) is 11.8 Å². The smallest absolute Gasteiger partial charge is 0.0233 e. The van der Waals surface area contributed by atoms with Gasteiger partial charge >= 0.3 is 0 Å². The molecule has 2 atom stereocenters. The Hall–Kier alpha value is -0.860. The molecule has 2 aliphatic rings. The molecule has 2 nitrogen and oxygen atoms in total. The predicted octanol–water partition coefficient (Wildman–Crippen LogP) is 1.86. The van der Waals surface area contributed by atoms with Crippen LogP contribution in [0.3, 0.4) is 0 Å². The zero-order valence-electron chi connectivity index (χ0n) is 9.68. The molecule has 1 saturated carbocycles. The van der Waals surface area contributed by atoms with Crippen molar-refractivity contribution in [3.05, 3.63) is 35.9 Å². The van der Waals surface area contributed by atoms with E-state index in [0.717, 1.165) is 18.4 Å². The fourth-order valence-electron chi connectivity index (χ4n) is 3.33. The van der Waals surface area contributed by atoms with E-state index in [0.29, 0.717) is 6.04 Å². The molecule has 86 valence electrons. The Balaban J connectivity index is 1.66. The van der Waals surface area contributed by atoms with Crippen molar-refractivity contribution in [3.63, 3.8) is 0 Å². The molecule has 2 heteroatoms. The Morgan fingerprint density at radius 1 is 1.06 bits per heavy atom. The summed E-state index contributed by atoms with van der Waals surface area (Å²) in [4.78, 5) is 2.58. The van der Waals surface area contributed by atoms with Crippen molar-refractivity contribution in [2.45, 2.75) is 25.4 Å². The van der Waals surface area contributed by atoms with Crippen LogP contribution in [0.4, 0.5) is 0 Å². The van der Waals surface area contributed by atoms with Gasteiger partial charge in [0.05, 0.1) is 0 Å². The number of hydrogen-bond acceptors (Lipinski definition) is 2. The van der Waals surface area contributed by atoms with Crippen LogP contribution in [-0.4, -0.2) is 24.0 Å². The van der Waals surface area contributed by atoms with Crippen molar-refractivity contribution in [1.29, 1.82) is 0 Å². The molecule has 0 aromatic heterocycles. The second-order valence-corrected chi connectivity index (χ2v) is 5.35. The highest BCUT2D eigenvalue weighted by Crippen LogP contribution is 2.35. The van der Waals surface area contributed by atoms with Gasteiger partial charge in [-0.15, -0.1) is 0 Å². The Kier molecular flexibility index (Phi) is 2.70. The summed E-state index contributed by atoms with van der Waals surface area (Å²) in [5.74, 6) is 1.50. The summed E-state index contributed by atoms with van der Waals surface area (Å²) in [7, 11) is 0. The van der Waals surface area contributed by atoms with E-state index < -0.39 is 0 Å². The van der Waals surface area contributed by atoms with Crippen molar-refractivity contribution in [2.75, 3.05) is 13.1 Å². The molecule has 1 aliphatic heterocycles. The summed E-state index contributed by atoms with van der Waals surface area (Å²) in [5.41, 5.74) is 7.64. The van der Waals surface area contributed by atoms with Gasteiger partial charge < -0.3 is 5.73 Å². The Bertz CT molecular complexity index is 335. The summed E-state index contributed by atoms with van der Waals surface area (Å²) in [6.07, 6.45) is 2.69. The molecule has 1 aliphatic carbocycles. The van der Waals surface area contributed by atoms with Crippen molar-refractivity contribution < 1.29 is 0 Å². The van der Waals surface area contributed by atoms with Gasteiger partial charge in [0, 0.05) is 25.7 Å². The summed E-state index contributed by atoms with van der Waals surface area (Å²) >= 11 is 0. The lowest BCUT2D eigenvalue weighted by molar-refractivity contribution is 0.140. The largest absolute Gasteiger partial charge is 0.327 e. The molecular formula is C14H20N2. The molecule has 0 spiro atoms. The number of likely N-dealkylation sites (tertiary alicyclic amines) is 1. The number of piperidine rings is 1. The van der Waals surface area contributed by atoms with Crippen molar-refractivity contribution in [2.24, 2.45) is 17.6 Å². The van der Waals surface area contributed by atoms with Gasteiger partial charge in [0.2, 0.25) is 0 Å². The summed E-state index contributed by atoms with van der Waals surface area (Å²) in [6, 6.07) is 11.2. The van der Waals surface area contributed by atoms with Crippen LogP contribution in [0.2, 0.25) is 0 Å². The average molecular weight is 216 g/mol. The van der Waals surface area contributed by atoms with Crippen molar-refractivity contribution in [1.82, 2.24) is 4.90 Å². The molecule has 1 heterocycles. The van der Waals surface area contributed by atoms with Gasteiger partial charge in [0.25, 0.3) is 0 Å². The molecule has 2 N–H and O–H groups in total. The minimum atomic E-state index is 0.479. The van der Waals surface area contributed by atoms with Crippen LogP contribution in [-0.2, 0) is 6.54 Å². The zero-order chi connectivity index (χ0) is 11.0. The Morgan fingerprint density at radius 3 is 2.31 bits per heavy atom. The van der Waals surface area contributed by atoms with Crippen LogP contribution in [0.15, 0.2) is 30.3 Å². The molecule has 1 aromatic rings. The second-order valence-electron chi connectivity index (χ2n) is 5.35. The first-order valence-corrected chi connectivity index (χ1v) is 6.35. The van der Waals surface area contributed by atoms with Crippen LogP contribution in [0.5, 0.6) is 0 Å². The fourth-order valence-corrected chi connectivity index (χ4v) is 3.33. The number of hydrogen-bond donors (Lipinski definition) is 1. The molecule has 1 aromatic carbocycles. The van der Waals surface area contributed by atoms with Gasteiger partial charge in [-0.3, -0.25) is 4.90 Å². The average Bonchev–Trinajstić information content (AvgIpc) is 2.54. The number of rotatable bonds is 2. The molecule has 2 bridgehead atoms. The van der Waals surface area contributed by atoms with E-state index >= 15 is 0 Å². The van der Waals surface area contributed by atoms with Crippen LogP contribution >= 0.6 is 0 Å². The maximum absolute atomic E-state index is 6.21. The van der Waals surface area contributed by atoms with Gasteiger partial charge in [-0.1, -0.05) is 30.3 Å². The highest BCUT2D eigenvalue weighted by molar-refractivity contribution is 5.14. The van der Waals surface area contributed by atoms with Gasteiger partial charge in [0.1, 0.15) is 0 Å². The fraction of sp³-hybridized carbons (Fsp3) is 0.571. The zero-order valence-corrected chi connectivity index (χ0v) is 9.68. The topological polar surface area (TPSA) is 29.3 Å². The monoisotopic (exact) mass is 216 g/mol. The van der Waals surface area contributed by atoms with Gasteiger partial charge in [0.15, 0.2) is 0 Å². The van der Waals surface area contributed by atoms with E-state index in [-0.39, 0.29) is 0 Å². The summed E-state index contributed by atoms with van der Waals surface area (Å²) in [5, 5.41) is 0. The molecule has 0 amide bonds. The molecule has 0 radical (unpaired) electrons. The van der Waals surface area contributed by atoms with E-state index in [1.54, 1.807) is 0 Å². The summed E-state index contributed by atoms with van der Waals surface area (Å²) < 4.78 is 0. The maximum Gasteiger partial charge on any atom is 0.0233 e. The van der Waals surface area contributed by atoms with Crippen LogP contribution < -0.4 is 5.73 Å². The van der Waals surface area contributed by atoms with Crippen LogP contribution in [0.1, 0.15) is 18.4 Å². The first kappa shape index (κ1) is 10.3. The van der Waals surface area contributed by atoms with Crippen LogP contribution in [0.25, 0.3) is 0 Å². The van der Waals surface area contributed by atoms with Gasteiger partial charge in [-0.2, -0.15) is 0 Å². The third kappa shape index (κ3) is 1.87. The predicted molar refractivity (Wildman–Crippen MR) is 65.9 cm³/mol. The molecule has 3 rings (SSSR count). The Morgan fingerprint density at radius 2 is 1.69 bits per heavy atom. The van der Waals surface area contributed by atoms with E-state index in [1.807, 2.05) is 0 Å². The highest BCUT2D eigenvalue weighted by Gasteiger charge is 2.39. The van der Waals surface area contributed by atoms with E-state index in [1.165, 1.54) is 31.5 Å². The number of benzene rings is 1. The minimum Gasteiger partial charge on any atom is -0.327 e. The third-order valence-corrected chi connectivity index (χ3v) is 4.23. The normalized spacial score (nSPS) is 34.2. The number of nitrogens with zero attached hydrogens (tertiary/aromatic N) is 1. The molecule has 1 saturated heterocycles. The molecule has 2 fully saturated rings. The number of nitrogens with two attached hydrogens (primary N) is 1. The first-order chi connectivity index (χ1) is 7.83. The SMILES string of the molecule is NC1[C@H]2CC[C@H]1CN(Cc1ccccc1)C2. The highest BCUT2D eigenvalue weighted by atomic mass is 15.2. The minimum absolute atomic E-state index is 0.479. The lowest BCUT2D eigenvalue weighted by Gasteiger charge is -2.36.